The highest BCUT2D eigenvalue weighted by atomic mass is 19.1. The number of carbonyl (C=O) groups excluding carboxylic acids is 1. The molecule has 0 saturated carbocycles. The second-order valence-corrected chi connectivity index (χ2v) is 5.31. The van der Waals surface area contributed by atoms with Crippen LogP contribution in [0.3, 0.4) is 0 Å². The lowest BCUT2D eigenvalue weighted by Crippen LogP contribution is -2.31. The van der Waals surface area contributed by atoms with Gasteiger partial charge in [-0.05, 0) is 37.3 Å². The molecule has 1 heterocycles. The summed E-state index contributed by atoms with van der Waals surface area (Å²) < 4.78 is 13.2. The van der Waals surface area contributed by atoms with Crippen LogP contribution in [0.5, 0.6) is 0 Å². The number of amides is 1. The van der Waals surface area contributed by atoms with E-state index < -0.39 is 0 Å². The molecule has 1 amide bonds. The fraction of sp³-hybridized carbons (Fsp3) is 0.105. The first-order valence-corrected chi connectivity index (χ1v) is 7.89. The third-order valence-corrected chi connectivity index (χ3v) is 3.60. The van der Waals surface area contributed by atoms with Crippen LogP contribution in [0.25, 0.3) is 0 Å². The van der Waals surface area contributed by atoms with Gasteiger partial charge >= 0.3 is 0 Å². The zero-order valence-electron chi connectivity index (χ0n) is 13.7. The van der Waals surface area contributed by atoms with Crippen LogP contribution in [0, 0.1) is 5.82 Å². The molecule has 0 aliphatic heterocycles. The SMILES string of the molecule is CCN(C(=O)c1cnc(Nc2cccc(F)c2)cn1)c1ccccc1. The van der Waals surface area contributed by atoms with Crippen molar-refractivity contribution in [3.05, 3.63) is 78.5 Å². The van der Waals surface area contributed by atoms with Gasteiger partial charge in [-0.25, -0.2) is 14.4 Å². The zero-order valence-corrected chi connectivity index (χ0v) is 13.7. The molecule has 0 radical (unpaired) electrons. The molecule has 6 heteroatoms. The number of nitrogens with one attached hydrogen (secondary N) is 1. The predicted octanol–water partition coefficient (Wildman–Crippen LogP) is 4.03. The van der Waals surface area contributed by atoms with Gasteiger partial charge in [0.1, 0.15) is 17.3 Å². The Hall–Kier alpha value is -3.28. The second kappa shape index (κ2) is 7.53. The minimum Gasteiger partial charge on any atom is -0.339 e. The fourth-order valence-electron chi connectivity index (χ4n) is 2.41. The first-order valence-electron chi connectivity index (χ1n) is 7.89. The fourth-order valence-corrected chi connectivity index (χ4v) is 2.41. The van der Waals surface area contributed by atoms with Crippen molar-refractivity contribution in [1.82, 2.24) is 9.97 Å². The molecule has 0 atom stereocenters. The lowest BCUT2D eigenvalue weighted by molar-refractivity contribution is 0.0983. The average Bonchev–Trinajstić information content (AvgIpc) is 2.64. The Morgan fingerprint density at radius 1 is 1.08 bits per heavy atom. The van der Waals surface area contributed by atoms with Crippen molar-refractivity contribution in [2.24, 2.45) is 0 Å². The number of aromatic nitrogens is 2. The molecule has 25 heavy (non-hydrogen) atoms. The topological polar surface area (TPSA) is 58.1 Å². The van der Waals surface area contributed by atoms with Crippen molar-refractivity contribution in [2.75, 3.05) is 16.8 Å². The van der Waals surface area contributed by atoms with E-state index in [4.69, 9.17) is 0 Å². The van der Waals surface area contributed by atoms with Crippen molar-refractivity contribution in [2.45, 2.75) is 6.92 Å². The van der Waals surface area contributed by atoms with Crippen molar-refractivity contribution in [3.63, 3.8) is 0 Å². The highest BCUT2D eigenvalue weighted by molar-refractivity contribution is 6.04. The van der Waals surface area contributed by atoms with Gasteiger partial charge < -0.3 is 10.2 Å². The molecule has 5 nitrogen and oxygen atoms in total. The summed E-state index contributed by atoms with van der Waals surface area (Å²) in [6.07, 6.45) is 2.87. The third-order valence-electron chi connectivity index (χ3n) is 3.60. The van der Waals surface area contributed by atoms with Gasteiger partial charge in [0.25, 0.3) is 5.91 Å². The maximum atomic E-state index is 13.2. The van der Waals surface area contributed by atoms with Crippen molar-refractivity contribution in [3.8, 4) is 0 Å². The quantitative estimate of drug-likeness (QED) is 0.764. The predicted molar refractivity (Wildman–Crippen MR) is 95.5 cm³/mol. The van der Waals surface area contributed by atoms with Crippen molar-refractivity contribution >= 4 is 23.1 Å². The van der Waals surface area contributed by atoms with E-state index in [0.29, 0.717) is 18.1 Å². The lowest BCUT2D eigenvalue weighted by Gasteiger charge is -2.20. The molecule has 1 N–H and O–H groups in total. The highest BCUT2D eigenvalue weighted by Gasteiger charge is 2.17. The van der Waals surface area contributed by atoms with Crippen LogP contribution in [0.2, 0.25) is 0 Å². The monoisotopic (exact) mass is 336 g/mol. The van der Waals surface area contributed by atoms with E-state index in [1.54, 1.807) is 17.0 Å². The van der Waals surface area contributed by atoms with Crippen LogP contribution in [-0.4, -0.2) is 22.4 Å². The van der Waals surface area contributed by atoms with E-state index >= 15 is 0 Å². The molecular formula is C19H17FN4O. The van der Waals surface area contributed by atoms with Crippen molar-refractivity contribution < 1.29 is 9.18 Å². The molecule has 2 aromatic carbocycles. The maximum absolute atomic E-state index is 13.2. The van der Waals surface area contributed by atoms with Crippen LogP contribution in [0.4, 0.5) is 21.6 Å². The number of anilines is 3. The Kier molecular flexibility index (Phi) is 4.99. The Bertz CT molecular complexity index is 853. The first-order chi connectivity index (χ1) is 12.2. The summed E-state index contributed by atoms with van der Waals surface area (Å²) in [4.78, 5) is 22.6. The summed E-state index contributed by atoms with van der Waals surface area (Å²) in [5.74, 6) is -0.130. The van der Waals surface area contributed by atoms with E-state index in [0.717, 1.165) is 5.69 Å². The number of rotatable bonds is 5. The first kappa shape index (κ1) is 16.6. The number of hydrogen-bond acceptors (Lipinski definition) is 4. The van der Waals surface area contributed by atoms with E-state index in [-0.39, 0.29) is 17.4 Å². The van der Waals surface area contributed by atoms with Crippen LogP contribution in [0.15, 0.2) is 67.0 Å². The van der Waals surface area contributed by atoms with E-state index in [2.05, 4.69) is 15.3 Å². The second-order valence-electron chi connectivity index (χ2n) is 5.31. The summed E-state index contributed by atoms with van der Waals surface area (Å²) >= 11 is 0. The van der Waals surface area contributed by atoms with Gasteiger partial charge in [-0.3, -0.25) is 4.79 Å². The molecule has 0 bridgehead atoms. The van der Waals surface area contributed by atoms with Gasteiger partial charge in [0.15, 0.2) is 0 Å². The molecule has 3 aromatic rings. The standard InChI is InChI=1S/C19H17FN4O/c1-2-24(16-9-4-3-5-10-16)19(25)17-12-22-18(13-21-17)23-15-8-6-7-14(20)11-15/h3-13H,2H2,1H3,(H,22,23). The summed E-state index contributed by atoms with van der Waals surface area (Å²) in [5, 5.41) is 2.95. The van der Waals surface area contributed by atoms with Crippen LogP contribution < -0.4 is 10.2 Å². The van der Waals surface area contributed by atoms with Gasteiger partial charge in [-0.15, -0.1) is 0 Å². The van der Waals surface area contributed by atoms with E-state index in [1.807, 2.05) is 37.3 Å². The molecule has 0 saturated heterocycles. The number of para-hydroxylation sites is 1. The normalized spacial score (nSPS) is 10.3. The smallest absolute Gasteiger partial charge is 0.278 e. The molecule has 0 fully saturated rings. The van der Waals surface area contributed by atoms with Crippen LogP contribution in [0.1, 0.15) is 17.4 Å². The minimum absolute atomic E-state index is 0.224. The van der Waals surface area contributed by atoms with Gasteiger partial charge in [0, 0.05) is 17.9 Å². The Morgan fingerprint density at radius 2 is 1.88 bits per heavy atom. The molecule has 1 aromatic heterocycles. The van der Waals surface area contributed by atoms with E-state index in [9.17, 15) is 9.18 Å². The molecule has 0 aliphatic rings. The number of benzene rings is 2. The molecular weight excluding hydrogens is 319 g/mol. The van der Waals surface area contributed by atoms with Gasteiger partial charge in [-0.2, -0.15) is 0 Å². The summed E-state index contributed by atoms with van der Waals surface area (Å²) in [6.45, 7) is 2.42. The van der Waals surface area contributed by atoms with Crippen molar-refractivity contribution in [1.29, 1.82) is 0 Å². The highest BCUT2D eigenvalue weighted by Crippen LogP contribution is 2.17. The summed E-state index contributed by atoms with van der Waals surface area (Å²) in [5.41, 5.74) is 1.61. The Labute approximate surface area is 145 Å². The summed E-state index contributed by atoms with van der Waals surface area (Å²) in [7, 11) is 0. The minimum atomic E-state index is -0.341. The zero-order chi connectivity index (χ0) is 17.6. The third kappa shape index (κ3) is 3.98. The molecule has 0 spiro atoms. The number of carbonyl (C=O) groups is 1. The molecule has 3 rings (SSSR count). The largest absolute Gasteiger partial charge is 0.339 e. The maximum Gasteiger partial charge on any atom is 0.278 e. The molecule has 0 unspecified atom stereocenters. The number of hydrogen-bond donors (Lipinski definition) is 1. The summed E-state index contributed by atoms with van der Waals surface area (Å²) in [6, 6.07) is 15.4. The Balaban J connectivity index is 1.76. The van der Waals surface area contributed by atoms with Gasteiger partial charge in [0.05, 0.1) is 12.4 Å². The van der Waals surface area contributed by atoms with Gasteiger partial charge in [0.2, 0.25) is 0 Å². The Morgan fingerprint density at radius 3 is 2.52 bits per heavy atom. The average molecular weight is 336 g/mol. The van der Waals surface area contributed by atoms with Gasteiger partial charge in [-0.1, -0.05) is 24.3 Å². The molecule has 0 aliphatic carbocycles. The molecule has 126 valence electrons. The van der Waals surface area contributed by atoms with Crippen LogP contribution in [-0.2, 0) is 0 Å². The number of nitrogens with zero attached hydrogens (tertiary/aromatic N) is 3. The number of halogens is 1. The lowest BCUT2D eigenvalue weighted by atomic mass is 10.2. The van der Waals surface area contributed by atoms with Crippen LogP contribution >= 0.6 is 0 Å². The van der Waals surface area contributed by atoms with E-state index in [1.165, 1.54) is 24.5 Å².